The fourth-order valence-electron chi connectivity index (χ4n) is 1.99. The molecule has 0 saturated carbocycles. The normalized spacial score (nSPS) is 10.7. The van der Waals surface area contributed by atoms with E-state index in [0.717, 1.165) is 16.8 Å². The van der Waals surface area contributed by atoms with Crippen LogP contribution in [0, 0.1) is 13.8 Å². The molecule has 0 saturated heterocycles. The monoisotopic (exact) mass is 259 g/mol. The second-order valence-electron chi connectivity index (χ2n) is 4.55. The second-order valence-corrected chi connectivity index (χ2v) is 4.55. The molecule has 0 spiro atoms. The van der Waals surface area contributed by atoms with Gasteiger partial charge in [-0.25, -0.2) is 0 Å². The van der Waals surface area contributed by atoms with Crippen LogP contribution in [-0.2, 0) is 6.54 Å². The van der Waals surface area contributed by atoms with Crippen LogP contribution in [0.15, 0.2) is 29.1 Å². The lowest BCUT2D eigenvalue weighted by Gasteiger charge is -2.11. The van der Waals surface area contributed by atoms with Gasteiger partial charge in [-0.05, 0) is 32.5 Å². The van der Waals surface area contributed by atoms with Gasteiger partial charge in [0.15, 0.2) is 0 Å². The van der Waals surface area contributed by atoms with Crippen LogP contribution in [0.2, 0.25) is 0 Å². The van der Waals surface area contributed by atoms with Gasteiger partial charge in [-0.1, -0.05) is 17.7 Å². The summed E-state index contributed by atoms with van der Waals surface area (Å²) in [7, 11) is 1.76. The third-order valence-corrected chi connectivity index (χ3v) is 2.91. The maximum absolute atomic E-state index is 12.0. The van der Waals surface area contributed by atoms with E-state index in [4.69, 9.17) is 0 Å². The molecule has 0 amide bonds. The summed E-state index contributed by atoms with van der Waals surface area (Å²) in [5.41, 5.74) is 2.93. The number of rotatable bonds is 3. The van der Waals surface area contributed by atoms with Crippen molar-refractivity contribution in [3.05, 3.63) is 51.4 Å². The van der Waals surface area contributed by atoms with Crippen molar-refractivity contribution in [3.63, 3.8) is 0 Å². The lowest BCUT2D eigenvalue weighted by atomic mass is 10.1. The van der Waals surface area contributed by atoms with Gasteiger partial charge in [-0.3, -0.25) is 4.79 Å². The Morgan fingerprint density at radius 1 is 1.32 bits per heavy atom. The predicted molar refractivity (Wildman–Crippen MR) is 73.7 cm³/mol. The minimum absolute atomic E-state index is 0.0830. The van der Waals surface area contributed by atoms with E-state index < -0.39 is 0 Å². The molecule has 5 nitrogen and oxygen atoms in total. The fraction of sp³-hybridized carbons (Fsp3) is 0.286. The minimum Gasteiger partial charge on any atom is -0.506 e. The molecule has 1 aromatic carbocycles. The zero-order valence-electron chi connectivity index (χ0n) is 11.3. The number of aromatic hydroxyl groups is 1. The van der Waals surface area contributed by atoms with Crippen molar-refractivity contribution in [2.75, 3.05) is 7.05 Å². The third kappa shape index (κ3) is 2.66. The Kier molecular flexibility index (Phi) is 3.66. The molecule has 0 radical (unpaired) electrons. The summed E-state index contributed by atoms with van der Waals surface area (Å²) in [5.74, 6) is -0.0830. The first-order chi connectivity index (χ1) is 9.02. The van der Waals surface area contributed by atoms with Gasteiger partial charge in [0, 0.05) is 12.6 Å². The van der Waals surface area contributed by atoms with E-state index >= 15 is 0 Å². The third-order valence-electron chi connectivity index (χ3n) is 2.91. The van der Waals surface area contributed by atoms with Crippen LogP contribution in [0.1, 0.15) is 16.8 Å². The highest BCUT2D eigenvalue weighted by atomic mass is 16.3. The standard InChI is InChI=1S/C14H17N3O2/c1-9-4-5-12(10(2)6-9)17-14(19)7-13(18)11(16-17)8-15-3/h4-7,15,18H,8H2,1-3H3. The van der Waals surface area contributed by atoms with Crippen molar-refractivity contribution >= 4 is 0 Å². The lowest BCUT2D eigenvalue weighted by Crippen LogP contribution is -2.23. The van der Waals surface area contributed by atoms with Crippen molar-refractivity contribution in [1.82, 2.24) is 15.1 Å². The molecule has 1 aromatic heterocycles. The zero-order valence-corrected chi connectivity index (χ0v) is 11.3. The van der Waals surface area contributed by atoms with Crippen LogP contribution in [0.3, 0.4) is 0 Å². The Bertz CT molecular complexity index is 662. The number of nitrogens with one attached hydrogen (secondary N) is 1. The van der Waals surface area contributed by atoms with Gasteiger partial charge in [-0.15, -0.1) is 0 Å². The molecule has 0 atom stereocenters. The first-order valence-electron chi connectivity index (χ1n) is 6.07. The van der Waals surface area contributed by atoms with Gasteiger partial charge >= 0.3 is 0 Å². The number of aryl methyl sites for hydroxylation is 2. The Morgan fingerprint density at radius 2 is 2.05 bits per heavy atom. The topological polar surface area (TPSA) is 67.2 Å². The van der Waals surface area contributed by atoms with Gasteiger partial charge < -0.3 is 10.4 Å². The average molecular weight is 259 g/mol. The summed E-state index contributed by atoms with van der Waals surface area (Å²) in [5, 5.41) is 16.8. The lowest BCUT2D eigenvalue weighted by molar-refractivity contribution is 0.453. The van der Waals surface area contributed by atoms with Crippen LogP contribution in [-0.4, -0.2) is 21.9 Å². The molecular weight excluding hydrogens is 242 g/mol. The van der Waals surface area contributed by atoms with E-state index in [9.17, 15) is 9.90 Å². The van der Waals surface area contributed by atoms with Crippen LogP contribution < -0.4 is 10.9 Å². The number of aromatic nitrogens is 2. The molecular formula is C14H17N3O2. The minimum atomic E-state index is -0.343. The number of hydrogen-bond acceptors (Lipinski definition) is 4. The Hall–Kier alpha value is -2.14. The molecule has 0 bridgehead atoms. The summed E-state index contributed by atoms with van der Waals surface area (Å²) < 4.78 is 1.32. The largest absolute Gasteiger partial charge is 0.506 e. The number of hydrogen-bond donors (Lipinski definition) is 2. The zero-order chi connectivity index (χ0) is 14.0. The summed E-state index contributed by atoms with van der Waals surface area (Å²) in [4.78, 5) is 12.0. The van der Waals surface area contributed by atoms with Crippen LogP contribution in [0.25, 0.3) is 5.69 Å². The van der Waals surface area contributed by atoms with Gasteiger partial charge in [0.25, 0.3) is 5.56 Å². The first kappa shape index (κ1) is 13.3. The molecule has 2 rings (SSSR count). The van der Waals surface area contributed by atoms with Crippen molar-refractivity contribution in [3.8, 4) is 11.4 Å². The molecule has 0 unspecified atom stereocenters. The maximum Gasteiger partial charge on any atom is 0.275 e. The molecule has 1 heterocycles. The van der Waals surface area contributed by atoms with E-state index in [0.29, 0.717) is 12.2 Å². The summed E-state index contributed by atoms with van der Waals surface area (Å²) >= 11 is 0. The average Bonchev–Trinajstić information content (AvgIpc) is 2.34. The smallest absolute Gasteiger partial charge is 0.275 e. The highest BCUT2D eigenvalue weighted by Crippen LogP contribution is 2.16. The molecule has 2 aromatic rings. The van der Waals surface area contributed by atoms with Gasteiger partial charge in [0.2, 0.25) is 0 Å². The van der Waals surface area contributed by atoms with E-state index in [2.05, 4.69) is 10.4 Å². The van der Waals surface area contributed by atoms with Gasteiger partial charge in [-0.2, -0.15) is 9.78 Å². The van der Waals surface area contributed by atoms with Crippen molar-refractivity contribution in [1.29, 1.82) is 0 Å². The summed E-state index contributed by atoms with van der Waals surface area (Å²) in [6, 6.07) is 6.98. The van der Waals surface area contributed by atoms with Crippen molar-refractivity contribution in [2.24, 2.45) is 0 Å². The van der Waals surface area contributed by atoms with Gasteiger partial charge in [0.05, 0.1) is 5.69 Å². The van der Waals surface area contributed by atoms with Crippen LogP contribution >= 0.6 is 0 Å². The van der Waals surface area contributed by atoms with E-state index in [1.807, 2.05) is 32.0 Å². The van der Waals surface area contributed by atoms with Crippen molar-refractivity contribution in [2.45, 2.75) is 20.4 Å². The highest BCUT2D eigenvalue weighted by Gasteiger charge is 2.10. The number of benzene rings is 1. The van der Waals surface area contributed by atoms with Crippen LogP contribution in [0.5, 0.6) is 5.75 Å². The molecule has 0 aliphatic heterocycles. The quantitative estimate of drug-likeness (QED) is 0.871. The Balaban J connectivity index is 2.61. The summed E-state index contributed by atoms with van der Waals surface area (Å²) in [6.07, 6.45) is 0. The predicted octanol–water partition coefficient (Wildman–Crippen LogP) is 1.27. The maximum atomic E-state index is 12.0. The SMILES string of the molecule is CNCc1nn(-c2ccc(C)cc2C)c(=O)cc1O. The molecule has 2 N–H and O–H groups in total. The molecule has 19 heavy (non-hydrogen) atoms. The Labute approximate surface area is 111 Å². The van der Waals surface area contributed by atoms with Crippen molar-refractivity contribution < 1.29 is 5.11 Å². The van der Waals surface area contributed by atoms with Gasteiger partial charge in [0.1, 0.15) is 11.4 Å². The molecule has 0 fully saturated rings. The Morgan fingerprint density at radius 3 is 2.68 bits per heavy atom. The molecule has 100 valence electrons. The molecule has 0 aliphatic carbocycles. The van der Waals surface area contributed by atoms with E-state index in [1.54, 1.807) is 7.05 Å². The number of nitrogens with zero attached hydrogens (tertiary/aromatic N) is 2. The van der Waals surface area contributed by atoms with E-state index in [-0.39, 0.29) is 11.3 Å². The first-order valence-corrected chi connectivity index (χ1v) is 6.07. The molecule has 0 aliphatic rings. The highest BCUT2D eigenvalue weighted by molar-refractivity contribution is 5.42. The fourth-order valence-corrected chi connectivity index (χ4v) is 1.99. The molecule has 5 heteroatoms. The summed E-state index contributed by atoms with van der Waals surface area (Å²) in [6.45, 7) is 4.33. The van der Waals surface area contributed by atoms with E-state index in [1.165, 1.54) is 10.7 Å². The van der Waals surface area contributed by atoms with Crippen LogP contribution in [0.4, 0.5) is 0 Å². The second kappa shape index (κ2) is 5.24.